The predicted molar refractivity (Wildman–Crippen MR) is 94.4 cm³/mol. The number of rotatable bonds is 4. The van der Waals surface area contributed by atoms with E-state index in [9.17, 15) is 9.90 Å². The number of hydrogen-bond acceptors (Lipinski definition) is 5. The number of hydrogen-bond donors (Lipinski definition) is 2. The fraction of sp³-hybridized carbons (Fsp3) is 0.111. The minimum atomic E-state index is -1.10. The second-order valence-corrected chi connectivity index (χ2v) is 6.61. The van der Waals surface area contributed by atoms with Crippen LogP contribution in [0.25, 0.3) is 5.57 Å². The number of benzene rings is 1. The highest BCUT2D eigenvalue weighted by Gasteiger charge is 2.40. The molecule has 1 unspecified atom stereocenters. The van der Waals surface area contributed by atoms with Gasteiger partial charge in [0.25, 0.3) is 0 Å². The highest BCUT2D eigenvalue weighted by Crippen LogP contribution is 2.43. The zero-order chi connectivity index (χ0) is 17.3. The Balaban J connectivity index is 1.81. The molecule has 0 aliphatic heterocycles. The van der Waals surface area contributed by atoms with Crippen LogP contribution in [0.2, 0.25) is 0 Å². The summed E-state index contributed by atoms with van der Waals surface area (Å²) in [6.07, 6.45) is 8.47. The maximum atomic E-state index is 11.5. The Morgan fingerprint density at radius 1 is 1.24 bits per heavy atom. The third-order valence-electron chi connectivity index (χ3n) is 4.34. The van der Waals surface area contributed by atoms with Gasteiger partial charge in [-0.15, -0.1) is 16.4 Å². The van der Waals surface area contributed by atoms with Crippen LogP contribution in [0, 0.1) is 0 Å². The molecule has 1 aliphatic carbocycles. The van der Waals surface area contributed by atoms with Crippen molar-refractivity contribution >= 4 is 22.9 Å². The molecule has 6 nitrogen and oxygen atoms in total. The van der Waals surface area contributed by atoms with E-state index in [0.29, 0.717) is 12.1 Å². The third-order valence-corrected chi connectivity index (χ3v) is 5.29. The van der Waals surface area contributed by atoms with Gasteiger partial charge in [0.1, 0.15) is 5.69 Å². The van der Waals surface area contributed by atoms with Crippen LogP contribution in [0.5, 0.6) is 0 Å². The first-order chi connectivity index (χ1) is 12.2. The number of aromatic carboxylic acids is 1. The molecule has 3 aromatic rings. The van der Waals surface area contributed by atoms with Gasteiger partial charge < -0.3 is 5.11 Å². The van der Waals surface area contributed by atoms with Gasteiger partial charge in [-0.25, -0.2) is 4.79 Å². The van der Waals surface area contributed by atoms with Crippen LogP contribution in [0.15, 0.2) is 60.3 Å². The topological polar surface area (TPSA) is 91.8 Å². The van der Waals surface area contributed by atoms with Gasteiger partial charge in [-0.1, -0.05) is 48.6 Å². The first-order valence-electron chi connectivity index (χ1n) is 7.69. The van der Waals surface area contributed by atoms with Crippen LogP contribution < -0.4 is 0 Å². The van der Waals surface area contributed by atoms with Gasteiger partial charge in [0.15, 0.2) is 5.69 Å². The van der Waals surface area contributed by atoms with Crippen LogP contribution in [0.4, 0.5) is 0 Å². The molecular formula is C18H14N4O2S. The first kappa shape index (κ1) is 15.5. The normalized spacial score (nSPS) is 19.6. The Labute approximate surface area is 147 Å². The lowest BCUT2D eigenvalue weighted by Crippen LogP contribution is -2.28. The number of nitrogens with zero attached hydrogens (tertiary/aromatic N) is 3. The van der Waals surface area contributed by atoms with Gasteiger partial charge in [-0.3, -0.25) is 4.98 Å². The van der Waals surface area contributed by atoms with Crippen LogP contribution in [0.3, 0.4) is 0 Å². The summed E-state index contributed by atoms with van der Waals surface area (Å²) in [5.41, 5.74) is 3.62. The van der Waals surface area contributed by atoms with E-state index in [1.807, 2.05) is 30.4 Å². The lowest BCUT2D eigenvalue weighted by molar-refractivity contribution is 0.0688. The number of allylic oxidation sites excluding steroid dienone is 4. The van der Waals surface area contributed by atoms with Gasteiger partial charge in [0, 0.05) is 11.1 Å². The van der Waals surface area contributed by atoms with E-state index >= 15 is 0 Å². The molecule has 0 bridgehead atoms. The molecule has 0 saturated carbocycles. The van der Waals surface area contributed by atoms with Crippen molar-refractivity contribution in [1.29, 1.82) is 0 Å². The molecule has 2 heterocycles. The van der Waals surface area contributed by atoms with Gasteiger partial charge in [0.05, 0.1) is 10.9 Å². The Bertz CT molecular complexity index is 960. The summed E-state index contributed by atoms with van der Waals surface area (Å²) in [5.74, 6) is -1.10. The average molecular weight is 350 g/mol. The summed E-state index contributed by atoms with van der Waals surface area (Å²) in [5, 5.41) is 19.9. The van der Waals surface area contributed by atoms with Gasteiger partial charge in [-0.05, 0) is 17.6 Å². The van der Waals surface area contributed by atoms with Crippen LogP contribution in [0.1, 0.15) is 33.0 Å². The molecule has 2 aromatic heterocycles. The maximum Gasteiger partial charge on any atom is 0.358 e. The van der Waals surface area contributed by atoms with E-state index in [4.69, 9.17) is 0 Å². The predicted octanol–water partition coefficient (Wildman–Crippen LogP) is 3.29. The third kappa shape index (κ3) is 2.58. The fourth-order valence-corrected chi connectivity index (χ4v) is 3.90. The van der Waals surface area contributed by atoms with E-state index in [1.165, 1.54) is 11.3 Å². The Morgan fingerprint density at radius 2 is 2.08 bits per heavy atom. The Morgan fingerprint density at radius 3 is 2.72 bits per heavy atom. The molecule has 0 saturated heterocycles. The quantitative estimate of drug-likeness (QED) is 0.753. The standard InChI is InChI=1S/C18H14N4O2S/c23-17(24)15-16(21-22-20-15)18(14-10-19-11-25-14)8-6-13(7-9-18)12-4-2-1-3-5-12/h1-8,10-11H,9H2,(H,23,24)(H,20,21,22). The SMILES string of the molecule is O=C(O)c1n[nH]nc1C1(c2cncs2)C=CC(c2ccccc2)=CC1. The number of aromatic amines is 1. The molecule has 0 spiro atoms. The van der Waals surface area contributed by atoms with Crippen LogP contribution in [-0.4, -0.2) is 31.5 Å². The van der Waals surface area contributed by atoms with Gasteiger partial charge in [0.2, 0.25) is 0 Å². The number of thiazole rings is 1. The molecule has 124 valence electrons. The first-order valence-corrected chi connectivity index (χ1v) is 8.57. The molecule has 7 heteroatoms. The number of carbonyl (C=O) groups is 1. The lowest BCUT2D eigenvalue weighted by Gasteiger charge is -2.29. The maximum absolute atomic E-state index is 11.5. The number of nitrogens with one attached hydrogen (secondary N) is 1. The van der Waals surface area contributed by atoms with Crippen molar-refractivity contribution in [2.75, 3.05) is 0 Å². The van der Waals surface area contributed by atoms with Gasteiger partial charge in [-0.2, -0.15) is 10.3 Å². The molecule has 25 heavy (non-hydrogen) atoms. The highest BCUT2D eigenvalue weighted by atomic mass is 32.1. The van der Waals surface area contributed by atoms with E-state index in [2.05, 4.69) is 38.6 Å². The zero-order valence-corrected chi connectivity index (χ0v) is 13.9. The summed E-state index contributed by atoms with van der Waals surface area (Å²) >= 11 is 1.48. The van der Waals surface area contributed by atoms with Crippen molar-refractivity contribution in [2.45, 2.75) is 11.8 Å². The Hall–Kier alpha value is -3.06. The smallest absolute Gasteiger partial charge is 0.358 e. The van der Waals surface area contributed by atoms with E-state index in [-0.39, 0.29) is 5.69 Å². The summed E-state index contributed by atoms with van der Waals surface area (Å²) in [6, 6.07) is 10.1. The molecule has 0 fully saturated rings. The second-order valence-electron chi connectivity index (χ2n) is 5.73. The average Bonchev–Trinajstić information content (AvgIpc) is 3.35. The number of aromatic nitrogens is 4. The van der Waals surface area contributed by atoms with Crippen molar-refractivity contribution in [3.63, 3.8) is 0 Å². The van der Waals surface area contributed by atoms with Crippen LogP contribution in [-0.2, 0) is 5.41 Å². The van der Waals surface area contributed by atoms with Crippen molar-refractivity contribution in [3.8, 4) is 0 Å². The summed E-state index contributed by atoms with van der Waals surface area (Å²) in [7, 11) is 0. The van der Waals surface area contributed by atoms with Crippen molar-refractivity contribution in [3.05, 3.63) is 82.1 Å². The largest absolute Gasteiger partial charge is 0.476 e. The van der Waals surface area contributed by atoms with Gasteiger partial charge >= 0.3 is 5.97 Å². The molecule has 1 aliphatic rings. The number of carboxylic acids is 1. The number of carboxylic acid groups (broad SMARTS) is 1. The monoisotopic (exact) mass is 350 g/mol. The second kappa shape index (κ2) is 6.10. The van der Waals surface area contributed by atoms with Crippen molar-refractivity contribution < 1.29 is 9.90 Å². The van der Waals surface area contributed by atoms with E-state index in [0.717, 1.165) is 16.0 Å². The molecule has 1 aromatic carbocycles. The van der Waals surface area contributed by atoms with Crippen molar-refractivity contribution in [2.24, 2.45) is 0 Å². The summed E-state index contributed by atoms with van der Waals surface area (Å²) in [6.45, 7) is 0. The molecule has 4 rings (SSSR count). The number of H-pyrrole nitrogens is 1. The molecule has 2 N–H and O–H groups in total. The van der Waals surface area contributed by atoms with Crippen molar-refractivity contribution in [1.82, 2.24) is 20.4 Å². The molecule has 0 amide bonds. The summed E-state index contributed by atoms with van der Waals surface area (Å²) in [4.78, 5) is 16.6. The highest BCUT2D eigenvalue weighted by molar-refractivity contribution is 7.09. The van der Waals surface area contributed by atoms with E-state index < -0.39 is 11.4 Å². The Kier molecular flexibility index (Phi) is 3.77. The van der Waals surface area contributed by atoms with E-state index in [1.54, 1.807) is 11.7 Å². The minimum Gasteiger partial charge on any atom is -0.476 e. The summed E-state index contributed by atoms with van der Waals surface area (Å²) < 4.78 is 0. The zero-order valence-electron chi connectivity index (χ0n) is 13.1. The fourth-order valence-electron chi connectivity index (χ4n) is 3.09. The van der Waals surface area contributed by atoms with Crippen LogP contribution >= 0.6 is 11.3 Å². The minimum absolute atomic E-state index is 0.0605. The molecule has 0 radical (unpaired) electrons. The lowest BCUT2D eigenvalue weighted by atomic mass is 9.75. The molecular weight excluding hydrogens is 336 g/mol. The molecule has 1 atom stereocenters.